The third-order valence-electron chi connectivity index (χ3n) is 4.09. The number of carbonyl (C=O) groups excluding carboxylic acids is 1. The van der Waals surface area contributed by atoms with Crippen LogP contribution in [0.3, 0.4) is 0 Å². The number of benzene rings is 1. The van der Waals surface area contributed by atoms with Gasteiger partial charge in [-0.25, -0.2) is 0 Å². The Balaban J connectivity index is 1.73. The van der Waals surface area contributed by atoms with Crippen LogP contribution in [-0.2, 0) is 9.59 Å². The first-order valence-electron chi connectivity index (χ1n) is 6.87. The number of rotatable bonds is 3. The number of amides is 1. The molecule has 5 heteroatoms. The van der Waals surface area contributed by atoms with Crippen LogP contribution in [0.4, 0.5) is 0 Å². The highest BCUT2D eigenvalue weighted by atomic mass is 16.5. The second-order valence-corrected chi connectivity index (χ2v) is 5.41. The van der Waals surface area contributed by atoms with E-state index in [4.69, 9.17) is 9.84 Å². The number of carboxylic acid groups (broad SMARTS) is 1. The van der Waals surface area contributed by atoms with E-state index in [9.17, 15) is 9.59 Å². The Bertz CT molecular complexity index is 542. The number of hydrogen-bond donors (Lipinski definition) is 1. The number of carbonyl (C=O) groups is 2. The van der Waals surface area contributed by atoms with Crippen molar-refractivity contribution in [2.24, 2.45) is 5.92 Å². The van der Waals surface area contributed by atoms with Gasteiger partial charge < -0.3 is 14.7 Å². The van der Waals surface area contributed by atoms with Crippen molar-refractivity contribution in [2.45, 2.75) is 18.8 Å². The van der Waals surface area contributed by atoms with Gasteiger partial charge in [0.25, 0.3) is 0 Å². The van der Waals surface area contributed by atoms with Crippen LogP contribution in [0.1, 0.15) is 24.3 Å². The number of nitrogens with zero attached hydrogens (tertiary/aromatic N) is 1. The normalized spacial score (nSPS) is 25.2. The molecular formula is C15H17NO4. The third kappa shape index (κ3) is 2.35. The first-order valence-corrected chi connectivity index (χ1v) is 6.87. The lowest BCUT2D eigenvalue weighted by Gasteiger charge is -2.29. The number of carboxylic acids is 1. The van der Waals surface area contributed by atoms with E-state index < -0.39 is 11.9 Å². The second-order valence-electron chi connectivity index (χ2n) is 5.41. The Morgan fingerprint density at radius 3 is 2.95 bits per heavy atom. The molecular weight excluding hydrogens is 258 g/mol. The molecule has 1 aromatic carbocycles. The van der Waals surface area contributed by atoms with Crippen molar-refractivity contribution in [3.8, 4) is 5.75 Å². The van der Waals surface area contributed by atoms with Gasteiger partial charge in [-0.2, -0.15) is 0 Å². The van der Waals surface area contributed by atoms with Crippen LogP contribution in [0.25, 0.3) is 0 Å². The van der Waals surface area contributed by atoms with E-state index in [1.165, 1.54) is 0 Å². The van der Waals surface area contributed by atoms with E-state index in [0.717, 1.165) is 17.7 Å². The molecule has 1 fully saturated rings. The summed E-state index contributed by atoms with van der Waals surface area (Å²) in [5.74, 6) is -0.381. The minimum Gasteiger partial charge on any atom is -0.493 e. The summed E-state index contributed by atoms with van der Waals surface area (Å²) in [5.41, 5.74) is 1.12. The summed E-state index contributed by atoms with van der Waals surface area (Å²) < 4.78 is 5.61. The Kier molecular flexibility index (Phi) is 3.34. The maximum atomic E-state index is 11.9. The summed E-state index contributed by atoms with van der Waals surface area (Å²) in [6.07, 6.45) is 0.985. The maximum Gasteiger partial charge on any atom is 0.308 e. The molecule has 1 aromatic rings. The van der Waals surface area contributed by atoms with Crippen LogP contribution in [0.2, 0.25) is 0 Å². The number of fused-ring (bicyclic) bond motifs is 1. The number of aliphatic carboxylic acids is 1. The fourth-order valence-electron chi connectivity index (χ4n) is 2.99. The van der Waals surface area contributed by atoms with E-state index in [-0.39, 0.29) is 18.2 Å². The van der Waals surface area contributed by atoms with Crippen molar-refractivity contribution < 1.29 is 19.4 Å². The highest BCUT2D eigenvalue weighted by molar-refractivity contribution is 5.86. The Morgan fingerprint density at radius 2 is 2.20 bits per heavy atom. The number of ether oxygens (including phenoxy) is 1. The number of hydrogen-bond acceptors (Lipinski definition) is 3. The molecule has 0 radical (unpaired) electrons. The summed E-state index contributed by atoms with van der Waals surface area (Å²) in [7, 11) is 0. The smallest absolute Gasteiger partial charge is 0.308 e. The highest BCUT2D eigenvalue weighted by Crippen LogP contribution is 2.34. The number of likely N-dealkylation sites (tertiary alicyclic amines) is 1. The molecule has 20 heavy (non-hydrogen) atoms. The van der Waals surface area contributed by atoms with Crippen LogP contribution >= 0.6 is 0 Å². The van der Waals surface area contributed by atoms with Gasteiger partial charge in [0.2, 0.25) is 5.91 Å². The lowest BCUT2D eigenvalue weighted by molar-refractivity contribution is -0.141. The average molecular weight is 275 g/mol. The second kappa shape index (κ2) is 5.15. The quantitative estimate of drug-likeness (QED) is 0.907. The first kappa shape index (κ1) is 13.0. The molecule has 2 atom stereocenters. The molecule has 0 aliphatic carbocycles. The minimum atomic E-state index is -0.881. The molecule has 2 aliphatic rings. The molecule has 5 nitrogen and oxygen atoms in total. The van der Waals surface area contributed by atoms with E-state index in [0.29, 0.717) is 19.7 Å². The van der Waals surface area contributed by atoms with Gasteiger partial charge in [-0.1, -0.05) is 18.2 Å². The van der Waals surface area contributed by atoms with Gasteiger partial charge in [0.05, 0.1) is 12.5 Å². The molecule has 2 unspecified atom stereocenters. The fraction of sp³-hybridized carbons (Fsp3) is 0.467. The van der Waals surface area contributed by atoms with Crippen molar-refractivity contribution in [3.63, 3.8) is 0 Å². The van der Waals surface area contributed by atoms with E-state index >= 15 is 0 Å². The Hall–Kier alpha value is -2.04. The van der Waals surface area contributed by atoms with Gasteiger partial charge >= 0.3 is 5.97 Å². The summed E-state index contributed by atoms with van der Waals surface area (Å²) >= 11 is 0. The van der Waals surface area contributed by atoms with Crippen molar-refractivity contribution >= 4 is 11.9 Å². The zero-order chi connectivity index (χ0) is 14.1. The molecule has 106 valence electrons. The summed E-state index contributed by atoms with van der Waals surface area (Å²) in [6.45, 7) is 1.56. The van der Waals surface area contributed by atoms with Crippen LogP contribution in [-0.4, -0.2) is 41.6 Å². The van der Waals surface area contributed by atoms with E-state index in [1.807, 2.05) is 24.3 Å². The molecule has 0 bridgehead atoms. The predicted molar refractivity (Wildman–Crippen MR) is 71.6 cm³/mol. The van der Waals surface area contributed by atoms with E-state index in [1.54, 1.807) is 4.90 Å². The topological polar surface area (TPSA) is 66.8 Å². The fourth-order valence-corrected chi connectivity index (χ4v) is 2.99. The standard InChI is InChI=1S/C15H17NO4/c17-14-7-11(15(18)19)9-16(14)8-10-5-6-20-13-4-2-1-3-12(10)13/h1-4,10-11H,5-9H2,(H,18,19). The summed E-state index contributed by atoms with van der Waals surface area (Å²) in [5, 5.41) is 9.01. The third-order valence-corrected chi connectivity index (χ3v) is 4.09. The molecule has 1 N–H and O–H groups in total. The van der Waals surface area contributed by atoms with Crippen molar-refractivity contribution in [1.29, 1.82) is 0 Å². The predicted octanol–water partition coefficient (Wildman–Crippen LogP) is 1.49. The van der Waals surface area contributed by atoms with Crippen LogP contribution in [0, 0.1) is 5.92 Å². The monoisotopic (exact) mass is 275 g/mol. The first-order chi connectivity index (χ1) is 9.65. The highest BCUT2D eigenvalue weighted by Gasteiger charge is 2.36. The van der Waals surface area contributed by atoms with Gasteiger partial charge in [0.1, 0.15) is 5.75 Å². The maximum absolute atomic E-state index is 11.9. The van der Waals surface area contributed by atoms with Gasteiger partial charge in [-0.15, -0.1) is 0 Å². The summed E-state index contributed by atoms with van der Waals surface area (Å²) in [6, 6.07) is 7.86. The molecule has 2 heterocycles. The SMILES string of the molecule is O=C(O)C1CC(=O)N(CC2CCOc3ccccc32)C1. The average Bonchev–Trinajstić information content (AvgIpc) is 2.81. The molecule has 0 saturated carbocycles. The molecule has 1 amide bonds. The van der Waals surface area contributed by atoms with Crippen LogP contribution in [0.5, 0.6) is 5.75 Å². The molecule has 1 saturated heterocycles. The zero-order valence-electron chi connectivity index (χ0n) is 11.1. The van der Waals surface area contributed by atoms with Gasteiger partial charge in [0, 0.05) is 25.4 Å². The lowest BCUT2D eigenvalue weighted by Crippen LogP contribution is -2.32. The molecule has 0 spiro atoms. The molecule has 3 rings (SSSR count). The Labute approximate surface area is 117 Å². The van der Waals surface area contributed by atoms with Crippen molar-refractivity contribution in [1.82, 2.24) is 4.90 Å². The van der Waals surface area contributed by atoms with Gasteiger partial charge in [-0.05, 0) is 18.1 Å². The van der Waals surface area contributed by atoms with E-state index in [2.05, 4.69) is 0 Å². The zero-order valence-corrected chi connectivity index (χ0v) is 11.1. The number of para-hydroxylation sites is 1. The minimum absolute atomic E-state index is 0.0543. The molecule has 2 aliphatic heterocycles. The summed E-state index contributed by atoms with van der Waals surface area (Å²) in [4.78, 5) is 24.6. The molecule has 0 aromatic heterocycles. The van der Waals surface area contributed by atoms with Crippen LogP contribution in [0.15, 0.2) is 24.3 Å². The van der Waals surface area contributed by atoms with Gasteiger partial charge in [-0.3, -0.25) is 9.59 Å². The van der Waals surface area contributed by atoms with Gasteiger partial charge in [0.15, 0.2) is 0 Å². The van der Waals surface area contributed by atoms with Crippen molar-refractivity contribution in [2.75, 3.05) is 19.7 Å². The van der Waals surface area contributed by atoms with Crippen LogP contribution < -0.4 is 4.74 Å². The Morgan fingerprint density at radius 1 is 1.40 bits per heavy atom. The lowest BCUT2D eigenvalue weighted by atomic mass is 9.92. The largest absolute Gasteiger partial charge is 0.493 e. The van der Waals surface area contributed by atoms with Crippen molar-refractivity contribution in [3.05, 3.63) is 29.8 Å².